The number of carbonyl (C=O) groups is 2. The Morgan fingerprint density at radius 1 is 1.58 bits per heavy atom. The Morgan fingerprint density at radius 3 is 2.95 bits per heavy atom. The van der Waals surface area contributed by atoms with Gasteiger partial charge in [-0.2, -0.15) is 0 Å². The number of carboxylic acids is 1. The number of nitrogens with zero attached hydrogens (tertiary/aromatic N) is 2. The molecule has 0 bridgehead atoms. The number of urea groups is 1. The first-order valence-electron chi connectivity index (χ1n) is 6.44. The van der Waals surface area contributed by atoms with Crippen LogP contribution in [0.15, 0.2) is 22.8 Å². The molecule has 0 aromatic carbocycles. The van der Waals surface area contributed by atoms with Crippen LogP contribution in [0.1, 0.15) is 25.5 Å². The monoisotopic (exact) mass is 266 g/mol. The van der Waals surface area contributed by atoms with Crippen LogP contribution in [0.5, 0.6) is 0 Å². The van der Waals surface area contributed by atoms with E-state index in [2.05, 4.69) is 0 Å². The third-order valence-corrected chi connectivity index (χ3v) is 3.36. The SMILES string of the molecule is CCN(Cc1ccco1)C(=O)N1CCCC1C(=O)O. The molecule has 2 amide bonds. The number of hydrogen-bond acceptors (Lipinski definition) is 3. The van der Waals surface area contributed by atoms with E-state index in [4.69, 9.17) is 9.52 Å². The molecule has 1 N–H and O–H groups in total. The fourth-order valence-electron chi connectivity index (χ4n) is 2.34. The lowest BCUT2D eigenvalue weighted by atomic mass is 10.2. The number of amides is 2. The van der Waals surface area contributed by atoms with Gasteiger partial charge in [-0.15, -0.1) is 0 Å². The second kappa shape index (κ2) is 5.77. The van der Waals surface area contributed by atoms with Gasteiger partial charge in [-0.25, -0.2) is 9.59 Å². The normalized spacial score (nSPS) is 18.6. The van der Waals surface area contributed by atoms with E-state index >= 15 is 0 Å². The molecule has 0 saturated carbocycles. The van der Waals surface area contributed by atoms with Gasteiger partial charge in [0.1, 0.15) is 11.8 Å². The summed E-state index contributed by atoms with van der Waals surface area (Å²) in [6.45, 7) is 3.25. The van der Waals surface area contributed by atoms with Crippen LogP contribution in [0.25, 0.3) is 0 Å². The minimum Gasteiger partial charge on any atom is -0.480 e. The van der Waals surface area contributed by atoms with Gasteiger partial charge < -0.3 is 19.3 Å². The molecule has 1 atom stereocenters. The highest BCUT2D eigenvalue weighted by molar-refractivity contribution is 5.83. The minimum absolute atomic E-state index is 0.233. The predicted octanol–water partition coefficient (Wildman–Crippen LogP) is 1.77. The zero-order valence-electron chi connectivity index (χ0n) is 10.9. The van der Waals surface area contributed by atoms with Gasteiger partial charge in [0.2, 0.25) is 0 Å². The second-order valence-corrected chi connectivity index (χ2v) is 4.57. The number of carboxylic acid groups (broad SMARTS) is 1. The van der Waals surface area contributed by atoms with Crippen molar-refractivity contribution in [3.63, 3.8) is 0 Å². The fourth-order valence-corrected chi connectivity index (χ4v) is 2.34. The lowest BCUT2D eigenvalue weighted by molar-refractivity contribution is -0.141. The molecule has 2 rings (SSSR count). The van der Waals surface area contributed by atoms with Crippen molar-refractivity contribution in [1.82, 2.24) is 9.80 Å². The second-order valence-electron chi connectivity index (χ2n) is 4.57. The van der Waals surface area contributed by atoms with Crippen LogP contribution in [0.3, 0.4) is 0 Å². The van der Waals surface area contributed by atoms with Crippen molar-refractivity contribution >= 4 is 12.0 Å². The molecule has 6 heteroatoms. The lowest BCUT2D eigenvalue weighted by Crippen LogP contribution is -2.47. The topological polar surface area (TPSA) is 74.0 Å². The number of hydrogen-bond donors (Lipinski definition) is 1. The summed E-state index contributed by atoms with van der Waals surface area (Å²) in [6.07, 6.45) is 2.82. The highest BCUT2D eigenvalue weighted by atomic mass is 16.4. The summed E-state index contributed by atoms with van der Waals surface area (Å²) < 4.78 is 5.22. The standard InChI is InChI=1S/C13H18N2O4/c1-2-14(9-10-5-4-8-19-10)13(18)15-7-3-6-11(15)12(16)17/h4-5,8,11H,2-3,6-7,9H2,1H3,(H,16,17). The molecule has 6 nitrogen and oxygen atoms in total. The average molecular weight is 266 g/mol. The number of rotatable bonds is 4. The minimum atomic E-state index is -0.931. The first-order valence-corrected chi connectivity index (χ1v) is 6.44. The Balaban J connectivity index is 2.05. The molecule has 104 valence electrons. The molecule has 1 aliphatic rings. The van der Waals surface area contributed by atoms with Crippen LogP contribution in [0.2, 0.25) is 0 Å². The number of aliphatic carboxylic acids is 1. The summed E-state index contributed by atoms with van der Waals surface area (Å²) in [7, 11) is 0. The molecule has 1 unspecified atom stereocenters. The fraction of sp³-hybridized carbons (Fsp3) is 0.538. The summed E-state index contributed by atoms with van der Waals surface area (Å²) in [5.41, 5.74) is 0. The van der Waals surface area contributed by atoms with E-state index in [1.807, 2.05) is 6.92 Å². The molecule has 1 saturated heterocycles. The van der Waals surface area contributed by atoms with Crippen molar-refractivity contribution in [3.05, 3.63) is 24.2 Å². The quantitative estimate of drug-likeness (QED) is 0.901. The largest absolute Gasteiger partial charge is 0.480 e. The van der Waals surface area contributed by atoms with E-state index < -0.39 is 12.0 Å². The van der Waals surface area contributed by atoms with E-state index in [0.29, 0.717) is 31.8 Å². The number of carbonyl (C=O) groups excluding carboxylic acids is 1. The first kappa shape index (κ1) is 13.5. The van der Waals surface area contributed by atoms with E-state index in [9.17, 15) is 9.59 Å². The van der Waals surface area contributed by atoms with Gasteiger partial charge in [0.05, 0.1) is 12.8 Å². The van der Waals surface area contributed by atoms with Crippen LogP contribution in [0.4, 0.5) is 4.79 Å². The Bertz CT molecular complexity index is 444. The zero-order chi connectivity index (χ0) is 13.8. The molecule has 0 spiro atoms. The average Bonchev–Trinajstić information content (AvgIpc) is 3.05. The summed E-state index contributed by atoms with van der Waals surface area (Å²) in [5.74, 6) is -0.235. The Hall–Kier alpha value is -1.98. The maximum Gasteiger partial charge on any atom is 0.326 e. The Kier molecular flexibility index (Phi) is 4.09. The zero-order valence-corrected chi connectivity index (χ0v) is 10.9. The Morgan fingerprint density at radius 2 is 2.37 bits per heavy atom. The van der Waals surface area contributed by atoms with Gasteiger partial charge in [-0.05, 0) is 31.9 Å². The van der Waals surface area contributed by atoms with E-state index in [1.165, 1.54) is 4.90 Å². The summed E-state index contributed by atoms with van der Waals surface area (Å²) >= 11 is 0. The van der Waals surface area contributed by atoms with Crippen molar-refractivity contribution in [1.29, 1.82) is 0 Å². The van der Waals surface area contributed by atoms with Gasteiger partial charge in [0.25, 0.3) is 0 Å². The van der Waals surface area contributed by atoms with Crippen molar-refractivity contribution in [2.24, 2.45) is 0 Å². The molecule has 1 fully saturated rings. The molecule has 2 heterocycles. The van der Waals surface area contributed by atoms with E-state index in [0.717, 1.165) is 6.42 Å². The highest BCUT2D eigenvalue weighted by Crippen LogP contribution is 2.20. The van der Waals surface area contributed by atoms with Gasteiger partial charge in [-0.1, -0.05) is 0 Å². The highest BCUT2D eigenvalue weighted by Gasteiger charge is 2.35. The van der Waals surface area contributed by atoms with Gasteiger partial charge in [0.15, 0.2) is 0 Å². The van der Waals surface area contributed by atoms with Gasteiger partial charge in [0, 0.05) is 13.1 Å². The van der Waals surface area contributed by atoms with Crippen LogP contribution < -0.4 is 0 Å². The number of likely N-dealkylation sites (tertiary alicyclic amines) is 1. The maximum absolute atomic E-state index is 12.4. The maximum atomic E-state index is 12.4. The van der Waals surface area contributed by atoms with Crippen LogP contribution in [-0.4, -0.2) is 46.0 Å². The van der Waals surface area contributed by atoms with Crippen LogP contribution in [-0.2, 0) is 11.3 Å². The van der Waals surface area contributed by atoms with Crippen molar-refractivity contribution in [2.45, 2.75) is 32.4 Å². The van der Waals surface area contributed by atoms with Crippen molar-refractivity contribution < 1.29 is 19.1 Å². The molecule has 0 aliphatic carbocycles. The molecule has 19 heavy (non-hydrogen) atoms. The molecule has 1 aromatic rings. The van der Waals surface area contributed by atoms with Gasteiger partial charge >= 0.3 is 12.0 Å². The summed E-state index contributed by atoms with van der Waals surface area (Å²) in [5, 5.41) is 9.11. The predicted molar refractivity (Wildman–Crippen MR) is 67.6 cm³/mol. The third kappa shape index (κ3) is 2.89. The van der Waals surface area contributed by atoms with Gasteiger partial charge in [-0.3, -0.25) is 0 Å². The molecule has 0 radical (unpaired) electrons. The van der Waals surface area contributed by atoms with E-state index in [-0.39, 0.29) is 6.03 Å². The van der Waals surface area contributed by atoms with Crippen LogP contribution in [0, 0.1) is 0 Å². The lowest BCUT2D eigenvalue weighted by Gasteiger charge is -2.29. The molecular formula is C13H18N2O4. The molecule has 1 aliphatic heterocycles. The van der Waals surface area contributed by atoms with Crippen LogP contribution >= 0.6 is 0 Å². The van der Waals surface area contributed by atoms with E-state index in [1.54, 1.807) is 23.3 Å². The Labute approximate surface area is 111 Å². The summed E-state index contributed by atoms with van der Waals surface area (Å²) in [4.78, 5) is 26.5. The van der Waals surface area contributed by atoms with Crippen molar-refractivity contribution in [2.75, 3.05) is 13.1 Å². The molecular weight excluding hydrogens is 248 g/mol. The van der Waals surface area contributed by atoms with Crippen molar-refractivity contribution in [3.8, 4) is 0 Å². The first-order chi connectivity index (χ1) is 9.13. The summed E-state index contributed by atoms with van der Waals surface area (Å²) in [6, 6.07) is 2.64. The smallest absolute Gasteiger partial charge is 0.326 e. The third-order valence-electron chi connectivity index (χ3n) is 3.36. The molecule has 1 aromatic heterocycles. The number of furan rings is 1.